The Bertz CT molecular complexity index is 531. The first-order valence-corrected chi connectivity index (χ1v) is 5.53. The van der Waals surface area contributed by atoms with Crippen LogP contribution in [0.25, 0.3) is 0 Å². The summed E-state index contributed by atoms with van der Waals surface area (Å²) in [7, 11) is 0. The van der Waals surface area contributed by atoms with E-state index in [1.54, 1.807) is 0 Å². The zero-order chi connectivity index (χ0) is 13.7. The highest BCUT2D eigenvalue weighted by Gasteiger charge is 2.21. The first kappa shape index (κ1) is 13.7. The summed E-state index contributed by atoms with van der Waals surface area (Å²) in [5, 5.41) is 22.5. The molecule has 94 valence electrons. The van der Waals surface area contributed by atoms with Gasteiger partial charge in [-0.05, 0) is 0 Å². The molecule has 1 aromatic heterocycles. The molecule has 1 aromatic rings. The number of carboxylic acids is 1. The quantitative estimate of drug-likeness (QED) is 0.467. The van der Waals surface area contributed by atoms with Crippen LogP contribution in [-0.4, -0.2) is 27.9 Å². The number of hydrogen-bond donors (Lipinski definition) is 2. The standard InChI is InChI=1S/C10H8N2O5S/c1-2-3-7(10(14)15)11-9(13)6-4-8(12(16)17)18-5-6/h1,4-5,7H,3H2,(H,11,13)(H,14,15). The minimum absolute atomic E-state index is 0.0370. The average molecular weight is 268 g/mol. The molecule has 1 amide bonds. The number of aliphatic carboxylic acids is 1. The Labute approximate surface area is 106 Å². The average Bonchev–Trinajstić information content (AvgIpc) is 2.77. The van der Waals surface area contributed by atoms with Gasteiger partial charge in [-0.15, -0.1) is 12.3 Å². The van der Waals surface area contributed by atoms with Crippen molar-refractivity contribution in [3.05, 3.63) is 27.1 Å². The highest BCUT2D eigenvalue weighted by molar-refractivity contribution is 7.13. The predicted molar refractivity (Wildman–Crippen MR) is 63.3 cm³/mol. The fourth-order valence-corrected chi connectivity index (χ4v) is 1.80. The van der Waals surface area contributed by atoms with Gasteiger partial charge in [-0.25, -0.2) is 4.79 Å². The summed E-state index contributed by atoms with van der Waals surface area (Å²) in [6.45, 7) is 0. The monoisotopic (exact) mass is 268 g/mol. The van der Waals surface area contributed by atoms with E-state index in [9.17, 15) is 19.7 Å². The number of carbonyl (C=O) groups is 2. The van der Waals surface area contributed by atoms with E-state index in [1.165, 1.54) is 5.38 Å². The second-order valence-corrected chi connectivity index (χ2v) is 4.09. The fraction of sp³-hybridized carbons (Fsp3) is 0.200. The van der Waals surface area contributed by atoms with Gasteiger partial charge >= 0.3 is 11.0 Å². The normalized spacial score (nSPS) is 11.3. The van der Waals surface area contributed by atoms with Crippen molar-refractivity contribution in [2.75, 3.05) is 0 Å². The summed E-state index contributed by atoms with van der Waals surface area (Å²) >= 11 is 0.787. The smallest absolute Gasteiger partial charge is 0.327 e. The maximum Gasteiger partial charge on any atom is 0.327 e. The van der Waals surface area contributed by atoms with Gasteiger partial charge < -0.3 is 10.4 Å². The Balaban J connectivity index is 2.77. The molecule has 0 spiro atoms. The Morgan fingerprint density at radius 3 is 2.78 bits per heavy atom. The number of rotatable bonds is 5. The lowest BCUT2D eigenvalue weighted by Gasteiger charge is -2.10. The summed E-state index contributed by atoms with van der Waals surface area (Å²) in [6.07, 6.45) is 4.81. The molecule has 18 heavy (non-hydrogen) atoms. The van der Waals surface area contributed by atoms with Gasteiger partial charge in [0.1, 0.15) is 6.04 Å². The van der Waals surface area contributed by atoms with Crippen molar-refractivity contribution in [2.45, 2.75) is 12.5 Å². The van der Waals surface area contributed by atoms with Crippen LogP contribution in [0.2, 0.25) is 0 Å². The molecule has 2 N–H and O–H groups in total. The molecule has 0 saturated carbocycles. The van der Waals surface area contributed by atoms with E-state index >= 15 is 0 Å². The van der Waals surface area contributed by atoms with Gasteiger partial charge in [-0.1, -0.05) is 11.3 Å². The Hall–Kier alpha value is -2.40. The van der Waals surface area contributed by atoms with Crippen molar-refractivity contribution in [3.8, 4) is 12.3 Å². The minimum atomic E-state index is -1.26. The predicted octanol–water partition coefficient (Wildman–Crippen LogP) is 0.863. The Kier molecular flexibility index (Phi) is 4.39. The number of nitrogens with one attached hydrogen (secondary N) is 1. The Morgan fingerprint density at radius 2 is 2.33 bits per heavy atom. The molecule has 0 aromatic carbocycles. The van der Waals surface area contributed by atoms with E-state index in [4.69, 9.17) is 11.5 Å². The molecule has 0 aliphatic rings. The van der Waals surface area contributed by atoms with Crippen LogP contribution in [0, 0.1) is 22.5 Å². The molecule has 0 bridgehead atoms. The first-order valence-electron chi connectivity index (χ1n) is 4.65. The van der Waals surface area contributed by atoms with Gasteiger partial charge in [-0.2, -0.15) is 0 Å². The van der Waals surface area contributed by atoms with Gasteiger partial charge in [0.25, 0.3) is 5.91 Å². The van der Waals surface area contributed by atoms with Crippen LogP contribution >= 0.6 is 11.3 Å². The minimum Gasteiger partial charge on any atom is -0.480 e. The molecule has 1 rings (SSSR count). The van der Waals surface area contributed by atoms with E-state index in [0.29, 0.717) is 0 Å². The zero-order valence-corrected chi connectivity index (χ0v) is 9.77. The van der Waals surface area contributed by atoms with Crippen LogP contribution in [0.3, 0.4) is 0 Å². The summed E-state index contributed by atoms with van der Waals surface area (Å²) in [6, 6.07) is -0.129. The van der Waals surface area contributed by atoms with Crippen molar-refractivity contribution >= 4 is 28.2 Å². The molecular formula is C10H8N2O5S. The maximum absolute atomic E-state index is 11.6. The number of hydrogen-bond acceptors (Lipinski definition) is 5. The van der Waals surface area contributed by atoms with Gasteiger partial charge in [-0.3, -0.25) is 14.9 Å². The van der Waals surface area contributed by atoms with Crippen LogP contribution in [-0.2, 0) is 4.79 Å². The number of nitrogens with zero attached hydrogens (tertiary/aromatic N) is 1. The molecule has 7 nitrogen and oxygen atoms in total. The Morgan fingerprint density at radius 1 is 1.67 bits per heavy atom. The van der Waals surface area contributed by atoms with Crippen LogP contribution in [0.15, 0.2) is 11.4 Å². The summed E-state index contributed by atoms with van der Waals surface area (Å²) in [5.41, 5.74) is 0.0370. The fourth-order valence-electron chi connectivity index (χ4n) is 1.10. The first-order chi connectivity index (χ1) is 8.45. The van der Waals surface area contributed by atoms with E-state index in [2.05, 4.69) is 11.2 Å². The van der Waals surface area contributed by atoms with Crippen LogP contribution in [0.5, 0.6) is 0 Å². The van der Waals surface area contributed by atoms with Gasteiger partial charge in [0.05, 0.1) is 10.5 Å². The molecule has 0 saturated heterocycles. The zero-order valence-electron chi connectivity index (χ0n) is 8.95. The topological polar surface area (TPSA) is 110 Å². The van der Waals surface area contributed by atoms with E-state index < -0.39 is 22.8 Å². The van der Waals surface area contributed by atoms with Crippen molar-refractivity contribution in [1.82, 2.24) is 5.32 Å². The summed E-state index contributed by atoms with van der Waals surface area (Å²) in [4.78, 5) is 32.2. The number of terminal acetylenes is 1. The highest BCUT2D eigenvalue weighted by Crippen LogP contribution is 2.22. The number of nitro groups is 1. The SMILES string of the molecule is C#CCC(NC(=O)c1csc([N+](=O)[O-])c1)C(=O)O. The molecule has 1 atom stereocenters. The molecule has 8 heteroatoms. The largest absolute Gasteiger partial charge is 0.480 e. The van der Waals surface area contributed by atoms with Crippen molar-refractivity contribution in [2.24, 2.45) is 0 Å². The third-order valence-corrected chi connectivity index (χ3v) is 2.83. The van der Waals surface area contributed by atoms with Crippen molar-refractivity contribution in [1.29, 1.82) is 0 Å². The third kappa shape index (κ3) is 3.29. The van der Waals surface area contributed by atoms with E-state index in [1.807, 2.05) is 0 Å². The molecule has 0 aliphatic carbocycles. The lowest BCUT2D eigenvalue weighted by atomic mass is 10.2. The number of amides is 1. The second-order valence-electron chi connectivity index (χ2n) is 3.20. The van der Waals surface area contributed by atoms with E-state index in [-0.39, 0.29) is 17.0 Å². The van der Waals surface area contributed by atoms with Crippen LogP contribution in [0.1, 0.15) is 16.8 Å². The highest BCUT2D eigenvalue weighted by atomic mass is 32.1. The molecule has 1 heterocycles. The van der Waals surface area contributed by atoms with Crippen molar-refractivity contribution in [3.63, 3.8) is 0 Å². The molecule has 0 aliphatic heterocycles. The second kappa shape index (κ2) is 5.79. The molecule has 0 fully saturated rings. The van der Waals surface area contributed by atoms with Gasteiger partial charge in [0.2, 0.25) is 0 Å². The van der Waals surface area contributed by atoms with Crippen molar-refractivity contribution < 1.29 is 19.6 Å². The summed E-state index contributed by atoms with van der Waals surface area (Å²) < 4.78 is 0. The molecule has 0 radical (unpaired) electrons. The maximum atomic E-state index is 11.6. The molecule has 1 unspecified atom stereocenters. The summed E-state index contributed by atoms with van der Waals surface area (Å²) in [5.74, 6) is 0.163. The number of carbonyl (C=O) groups excluding carboxylic acids is 1. The van der Waals surface area contributed by atoms with Gasteiger partial charge in [0.15, 0.2) is 0 Å². The lowest BCUT2D eigenvalue weighted by Crippen LogP contribution is -2.40. The van der Waals surface area contributed by atoms with E-state index in [0.717, 1.165) is 17.4 Å². The van der Waals surface area contributed by atoms with Crippen LogP contribution < -0.4 is 5.32 Å². The third-order valence-electron chi connectivity index (χ3n) is 1.95. The number of thiophene rings is 1. The van der Waals surface area contributed by atoms with Gasteiger partial charge in [0, 0.05) is 17.9 Å². The molecular weight excluding hydrogens is 260 g/mol. The van der Waals surface area contributed by atoms with Crippen LogP contribution in [0.4, 0.5) is 5.00 Å². The lowest BCUT2D eigenvalue weighted by molar-refractivity contribution is -0.380. The number of carboxylic acid groups (broad SMARTS) is 1.